The van der Waals surface area contributed by atoms with Crippen molar-refractivity contribution < 1.29 is 18.1 Å². The molecule has 1 unspecified atom stereocenters. The van der Waals surface area contributed by atoms with Crippen LogP contribution in [0.4, 0.5) is 24.5 Å². The molecular weight excluding hydrogens is 297 g/mol. The molecule has 0 aliphatic rings. The van der Waals surface area contributed by atoms with Gasteiger partial charge in [-0.15, -0.1) is 0 Å². The number of nitrogens with one attached hydrogen (secondary N) is 1. The van der Waals surface area contributed by atoms with Crippen molar-refractivity contribution >= 4 is 23.0 Å². The lowest BCUT2D eigenvalue weighted by molar-refractivity contribution is -0.384. The zero-order valence-electron chi connectivity index (χ0n) is 10.7. The summed E-state index contributed by atoms with van der Waals surface area (Å²) in [5.74, 6) is 0. The van der Waals surface area contributed by atoms with Gasteiger partial charge in [-0.25, -0.2) is 0 Å². The predicted molar refractivity (Wildman–Crippen MR) is 71.1 cm³/mol. The van der Waals surface area contributed by atoms with Gasteiger partial charge < -0.3 is 5.32 Å². The van der Waals surface area contributed by atoms with E-state index >= 15 is 0 Å². The molecule has 112 valence electrons. The molecule has 0 saturated heterocycles. The van der Waals surface area contributed by atoms with E-state index in [4.69, 9.17) is 11.6 Å². The maximum atomic E-state index is 12.0. The van der Waals surface area contributed by atoms with E-state index in [0.717, 1.165) is 0 Å². The lowest BCUT2D eigenvalue weighted by Crippen LogP contribution is -2.16. The number of benzene rings is 1. The number of rotatable bonds is 6. The summed E-state index contributed by atoms with van der Waals surface area (Å²) in [5, 5.41) is 13.5. The standard InChI is InChI=1S/C12H14ClF3N2O2/c1-8(3-2-6-12(14,15)16)17-9-4-5-11(18(19)20)10(13)7-9/h4-5,7-8,17H,2-3,6H2,1H3. The zero-order valence-corrected chi connectivity index (χ0v) is 11.5. The van der Waals surface area contributed by atoms with E-state index in [-0.39, 0.29) is 23.2 Å². The van der Waals surface area contributed by atoms with Crippen molar-refractivity contribution in [2.45, 2.75) is 38.4 Å². The van der Waals surface area contributed by atoms with E-state index in [1.165, 1.54) is 18.2 Å². The minimum absolute atomic E-state index is 0.0116. The SMILES string of the molecule is CC(CCCC(F)(F)F)Nc1ccc([N+](=O)[O-])c(Cl)c1. The molecule has 0 aliphatic carbocycles. The number of halogens is 4. The van der Waals surface area contributed by atoms with Gasteiger partial charge in [0.1, 0.15) is 5.02 Å². The summed E-state index contributed by atoms with van der Waals surface area (Å²) < 4.78 is 36.0. The van der Waals surface area contributed by atoms with Gasteiger partial charge in [0.05, 0.1) is 4.92 Å². The summed E-state index contributed by atoms with van der Waals surface area (Å²) >= 11 is 5.74. The topological polar surface area (TPSA) is 55.2 Å². The first-order valence-corrected chi connectivity index (χ1v) is 6.34. The number of alkyl halides is 3. The summed E-state index contributed by atoms with van der Waals surface area (Å²) in [6.45, 7) is 1.74. The van der Waals surface area contributed by atoms with Gasteiger partial charge in [-0.05, 0) is 31.9 Å². The number of nitrogens with zero attached hydrogens (tertiary/aromatic N) is 1. The Labute approximate surface area is 119 Å². The van der Waals surface area contributed by atoms with Crippen LogP contribution < -0.4 is 5.32 Å². The third-order valence-electron chi connectivity index (χ3n) is 2.65. The summed E-state index contributed by atoms with van der Waals surface area (Å²) in [6, 6.07) is 3.94. The Balaban J connectivity index is 2.52. The third-order valence-corrected chi connectivity index (χ3v) is 2.96. The van der Waals surface area contributed by atoms with Gasteiger partial charge in [-0.2, -0.15) is 13.2 Å². The summed E-state index contributed by atoms with van der Waals surface area (Å²) in [7, 11) is 0. The van der Waals surface area contributed by atoms with Gasteiger partial charge in [0, 0.05) is 24.2 Å². The molecule has 0 saturated carbocycles. The van der Waals surface area contributed by atoms with E-state index in [1.54, 1.807) is 6.92 Å². The van der Waals surface area contributed by atoms with Crippen LogP contribution in [0, 0.1) is 10.1 Å². The summed E-state index contributed by atoms with van der Waals surface area (Å²) in [6.07, 6.45) is -4.59. The predicted octanol–water partition coefficient (Wildman–Crippen LogP) is 4.78. The highest BCUT2D eigenvalue weighted by atomic mass is 35.5. The normalized spacial score (nSPS) is 13.1. The van der Waals surface area contributed by atoms with E-state index in [2.05, 4.69) is 5.32 Å². The van der Waals surface area contributed by atoms with Crippen molar-refractivity contribution in [3.8, 4) is 0 Å². The molecule has 0 radical (unpaired) electrons. The van der Waals surface area contributed by atoms with Crippen LogP contribution in [0.15, 0.2) is 18.2 Å². The number of anilines is 1. The van der Waals surface area contributed by atoms with Gasteiger partial charge in [-0.3, -0.25) is 10.1 Å². The maximum absolute atomic E-state index is 12.0. The first kappa shape index (κ1) is 16.6. The molecule has 1 aromatic rings. The van der Waals surface area contributed by atoms with Crippen LogP contribution in [0.3, 0.4) is 0 Å². The van der Waals surface area contributed by atoms with Crippen LogP contribution >= 0.6 is 11.6 Å². The minimum Gasteiger partial charge on any atom is -0.383 e. The van der Waals surface area contributed by atoms with Crippen LogP contribution in [0.5, 0.6) is 0 Å². The van der Waals surface area contributed by atoms with Crippen LogP contribution in [0.2, 0.25) is 5.02 Å². The molecule has 4 nitrogen and oxygen atoms in total. The number of hydrogen-bond acceptors (Lipinski definition) is 3. The van der Waals surface area contributed by atoms with Crippen LogP contribution in [-0.4, -0.2) is 17.1 Å². The van der Waals surface area contributed by atoms with Crippen molar-refractivity contribution in [3.05, 3.63) is 33.3 Å². The lowest BCUT2D eigenvalue weighted by Gasteiger charge is -2.16. The summed E-state index contributed by atoms with van der Waals surface area (Å²) in [4.78, 5) is 9.99. The third kappa shape index (κ3) is 5.64. The second-order valence-electron chi connectivity index (χ2n) is 4.48. The smallest absolute Gasteiger partial charge is 0.383 e. The Morgan fingerprint density at radius 3 is 2.60 bits per heavy atom. The molecule has 20 heavy (non-hydrogen) atoms. The molecule has 0 fully saturated rings. The van der Waals surface area contributed by atoms with Gasteiger partial charge >= 0.3 is 6.18 Å². The molecule has 0 heterocycles. The lowest BCUT2D eigenvalue weighted by atomic mass is 10.1. The fraction of sp³-hybridized carbons (Fsp3) is 0.500. The Hall–Kier alpha value is -1.50. The molecule has 0 bridgehead atoms. The van der Waals surface area contributed by atoms with Crippen molar-refractivity contribution in [1.82, 2.24) is 0 Å². The molecule has 1 rings (SSSR count). The van der Waals surface area contributed by atoms with Crippen molar-refractivity contribution in [3.63, 3.8) is 0 Å². The molecule has 0 aromatic heterocycles. The van der Waals surface area contributed by atoms with Crippen LogP contribution in [0.25, 0.3) is 0 Å². The average Bonchev–Trinajstić information content (AvgIpc) is 2.26. The largest absolute Gasteiger partial charge is 0.389 e. The van der Waals surface area contributed by atoms with Crippen molar-refractivity contribution in [2.75, 3.05) is 5.32 Å². The Morgan fingerprint density at radius 1 is 1.45 bits per heavy atom. The number of nitro groups is 1. The molecule has 1 atom stereocenters. The van der Waals surface area contributed by atoms with Gasteiger partial charge in [0.15, 0.2) is 0 Å². The van der Waals surface area contributed by atoms with Crippen molar-refractivity contribution in [2.24, 2.45) is 0 Å². The van der Waals surface area contributed by atoms with E-state index in [0.29, 0.717) is 12.1 Å². The Morgan fingerprint density at radius 2 is 2.10 bits per heavy atom. The second-order valence-corrected chi connectivity index (χ2v) is 4.88. The first-order valence-electron chi connectivity index (χ1n) is 5.96. The molecule has 0 amide bonds. The highest BCUT2D eigenvalue weighted by Crippen LogP contribution is 2.28. The molecular formula is C12H14ClF3N2O2. The van der Waals surface area contributed by atoms with Crippen LogP contribution in [0.1, 0.15) is 26.2 Å². The van der Waals surface area contributed by atoms with Gasteiger partial charge in [0.2, 0.25) is 0 Å². The Bertz CT molecular complexity index is 480. The van der Waals surface area contributed by atoms with E-state index in [1.807, 2.05) is 0 Å². The molecule has 1 N–H and O–H groups in total. The first-order chi connectivity index (χ1) is 9.19. The van der Waals surface area contributed by atoms with E-state index in [9.17, 15) is 23.3 Å². The van der Waals surface area contributed by atoms with Crippen LogP contribution in [-0.2, 0) is 0 Å². The molecule has 1 aromatic carbocycles. The highest BCUT2D eigenvalue weighted by molar-refractivity contribution is 6.32. The highest BCUT2D eigenvalue weighted by Gasteiger charge is 2.26. The fourth-order valence-corrected chi connectivity index (χ4v) is 1.96. The van der Waals surface area contributed by atoms with Gasteiger partial charge in [0.25, 0.3) is 5.69 Å². The summed E-state index contributed by atoms with van der Waals surface area (Å²) in [5.41, 5.74) is 0.335. The molecule has 0 spiro atoms. The molecule has 0 aliphatic heterocycles. The van der Waals surface area contributed by atoms with Crippen molar-refractivity contribution in [1.29, 1.82) is 0 Å². The second kappa shape index (κ2) is 6.78. The minimum atomic E-state index is -4.14. The van der Waals surface area contributed by atoms with E-state index < -0.39 is 17.5 Å². The fourth-order valence-electron chi connectivity index (χ4n) is 1.71. The zero-order chi connectivity index (χ0) is 15.3. The maximum Gasteiger partial charge on any atom is 0.389 e. The number of nitro benzene ring substituents is 1. The average molecular weight is 311 g/mol. The quantitative estimate of drug-likeness (QED) is 0.607. The monoisotopic (exact) mass is 310 g/mol. The van der Waals surface area contributed by atoms with Gasteiger partial charge in [-0.1, -0.05) is 11.6 Å². The number of hydrogen-bond donors (Lipinski definition) is 1. The Kier molecular flexibility index (Phi) is 5.62. The molecule has 8 heteroatoms.